The topological polar surface area (TPSA) is 216 Å². The van der Waals surface area contributed by atoms with Crippen LogP contribution in [0.1, 0.15) is 5.56 Å². The summed E-state index contributed by atoms with van der Waals surface area (Å²) in [5.74, 6) is -2.78. The first kappa shape index (κ1) is 24.4. The van der Waals surface area contributed by atoms with Crippen LogP contribution in [0.2, 0.25) is 0 Å². The van der Waals surface area contributed by atoms with Gasteiger partial charge in [-0.2, -0.15) is 0 Å². The maximum absolute atomic E-state index is 10.9. The van der Waals surface area contributed by atoms with Crippen molar-refractivity contribution in [2.45, 2.75) is 67.0 Å². The van der Waals surface area contributed by atoms with Crippen molar-refractivity contribution in [1.29, 1.82) is 0 Å². The van der Waals surface area contributed by atoms with Crippen molar-refractivity contribution in [3.05, 3.63) is 35.9 Å². The van der Waals surface area contributed by atoms with Crippen LogP contribution >= 0.6 is 0 Å². The summed E-state index contributed by atoms with van der Waals surface area (Å²) in [6, 6.07) is 8.37. The summed E-state index contributed by atoms with van der Waals surface area (Å²) in [6.07, 6.45) is -13.4. The zero-order chi connectivity index (χ0) is 23.0. The van der Waals surface area contributed by atoms with Gasteiger partial charge in [0.25, 0.3) is 0 Å². The van der Waals surface area contributed by atoms with Crippen LogP contribution in [0.3, 0.4) is 0 Å². The smallest absolute Gasteiger partial charge is 0.239 e. The molecule has 0 aromatic heterocycles. The lowest BCUT2D eigenvalue weighted by Crippen LogP contribution is -2.68. The average molecular weight is 447 g/mol. The van der Waals surface area contributed by atoms with Gasteiger partial charge in [-0.1, -0.05) is 30.3 Å². The number of nitrogens with two attached hydrogens (primary N) is 1. The first-order valence-corrected chi connectivity index (χ1v) is 9.76. The average Bonchev–Trinajstić information content (AvgIpc) is 3.00. The first-order valence-electron chi connectivity index (χ1n) is 9.76. The zero-order valence-corrected chi connectivity index (χ0v) is 16.5. The second-order valence-electron chi connectivity index (χ2n) is 7.86. The van der Waals surface area contributed by atoms with Gasteiger partial charge in [0.1, 0.15) is 42.7 Å². The van der Waals surface area contributed by atoms with Crippen molar-refractivity contribution in [3.63, 3.8) is 0 Å². The highest BCUT2D eigenvalue weighted by atomic mass is 16.7. The van der Waals surface area contributed by atoms with Gasteiger partial charge in [0.2, 0.25) is 5.79 Å². The Labute approximate surface area is 177 Å². The summed E-state index contributed by atoms with van der Waals surface area (Å²) in [7, 11) is 0. The van der Waals surface area contributed by atoms with E-state index < -0.39 is 73.7 Å². The molecule has 0 bridgehead atoms. The van der Waals surface area contributed by atoms with Crippen molar-refractivity contribution in [1.82, 2.24) is 0 Å². The summed E-state index contributed by atoms with van der Waals surface area (Å²) in [5, 5.41) is 81.3. The van der Waals surface area contributed by atoms with Gasteiger partial charge in [0.05, 0.1) is 13.2 Å². The SMILES string of the molecule is NC(O)(Cc1ccccc1)[C@@]1(O)O[C@H](CO)[C@@H](OC2O[C@H](CO)[C@H](O)[C@H](O)[C@H]2O)[C@@H]1O. The highest BCUT2D eigenvalue weighted by molar-refractivity contribution is 5.19. The Balaban J connectivity index is 1.80. The third kappa shape index (κ3) is 4.48. The molecular formula is C19H29NO11. The Morgan fingerprint density at radius 2 is 1.58 bits per heavy atom. The predicted molar refractivity (Wildman–Crippen MR) is 101 cm³/mol. The Morgan fingerprint density at radius 3 is 2.16 bits per heavy atom. The van der Waals surface area contributed by atoms with Crippen LogP contribution in [0, 0.1) is 0 Å². The van der Waals surface area contributed by atoms with Gasteiger partial charge in [-0.25, -0.2) is 0 Å². The molecule has 1 aromatic carbocycles. The normalized spacial score (nSPS) is 43.0. The number of ether oxygens (including phenoxy) is 3. The fourth-order valence-corrected chi connectivity index (χ4v) is 3.82. The van der Waals surface area contributed by atoms with Crippen LogP contribution in [0.25, 0.3) is 0 Å². The van der Waals surface area contributed by atoms with Crippen molar-refractivity contribution in [2.24, 2.45) is 5.73 Å². The molecule has 2 aliphatic heterocycles. The van der Waals surface area contributed by atoms with Crippen molar-refractivity contribution in [3.8, 4) is 0 Å². The molecule has 2 unspecified atom stereocenters. The minimum Gasteiger partial charge on any atom is -0.394 e. The van der Waals surface area contributed by atoms with E-state index in [1.54, 1.807) is 30.3 Å². The second-order valence-corrected chi connectivity index (χ2v) is 7.86. The minimum absolute atomic E-state index is 0.327. The Kier molecular flexibility index (Phi) is 7.32. The molecule has 31 heavy (non-hydrogen) atoms. The number of aliphatic hydroxyl groups excluding tert-OH is 6. The molecule has 1 aromatic rings. The Bertz CT molecular complexity index is 720. The van der Waals surface area contributed by atoms with Crippen molar-refractivity contribution in [2.75, 3.05) is 13.2 Å². The van der Waals surface area contributed by atoms with Crippen LogP contribution in [0.4, 0.5) is 0 Å². The molecule has 12 nitrogen and oxygen atoms in total. The van der Waals surface area contributed by atoms with Gasteiger partial charge >= 0.3 is 0 Å². The van der Waals surface area contributed by atoms with E-state index in [1.807, 2.05) is 0 Å². The van der Waals surface area contributed by atoms with Crippen LogP contribution in [-0.4, -0.2) is 115 Å². The fourth-order valence-electron chi connectivity index (χ4n) is 3.82. The van der Waals surface area contributed by atoms with E-state index in [9.17, 15) is 40.9 Å². The molecule has 176 valence electrons. The number of benzene rings is 1. The number of rotatable bonds is 7. The summed E-state index contributed by atoms with van der Waals surface area (Å²) in [5.41, 5.74) is 3.90. The monoisotopic (exact) mass is 447 g/mol. The quantitative estimate of drug-likeness (QED) is 0.181. The Morgan fingerprint density at radius 1 is 0.968 bits per heavy atom. The molecule has 10 N–H and O–H groups in total. The van der Waals surface area contributed by atoms with Gasteiger partial charge in [0, 0.05) is 6.42 Å². The zero-order valence-electron chi connectivity index (χ0n) is 16.5. The molecular weight excluding hydrogens is 418 g/mol. The fraction of sp³-hybridized carbons (Fsp3) is 0.684. The Hall–Kier alpha value is -1.26. The first-order chi connectivity index (χ1) is 14.6. The number of hydrogen-bond donors (Lipinski definition) is 9. The van der Waals surface area contributed by atoms with Crippen molar-refractivity contribution < 1.29 is 55.1 Å². The minimum atomic E-state index is -2.78. The molecule has 2 heterocycles. The molecule has 0 aliphatic carbocycles. The number of hydrogen-bond acceptors (Lipinski definition) is 12. The van der Waals surface area contributed by atoms with Gasteiger partial charge in [0.15, 0.2) is 12.0 Å². The second kappa shape index (κ2) is 9.31. The van der Waals surface area contributed by atoms with E-state index >= 15 is 0 Å². The van der Waals surface area contributed by atoms with E-state index in [0.29, 0.717) is 5.56 Å². The van der Waals surface area contributed by atoms with Crippen LogP contribution in [0.15, 0.2) is 30.3 Å². The molecule has 12 heteroatoms. The van der Waals surface area contributed by atoms with Crippen LogP contribution < -0.4 is 5.73 Å². The van der Waals surface area contributed by atoms with E-state index in [0.717, 1.165) is 0 Å². The molecule has 10 atom stereocenters. The van der Waals surface area contributed by atoms with E-state index in [4.69, 9.17) is 19.9 Å². The molecule has 2 aliphatic rings. The molecule has 2 saturated heterocycles. The van der Waals surface area contributed by atoms with Gasteiger partial charge in [-0.3, -0.25) is 5.73 Å². The van der Waals surface area contributed by atoms with Gasteiger partial charge < -0.3 is 55.1 Å². The standard InChI is InChI=1S/C19H29NO11/c20-18(27,6-9-4-2-1-3-5-9)19(28)16(26)15(11(8-22)31-19)30-17-14(25)13(24)12(23)10(7-21)29-17/h1-5,10-17,21-28H,6-8,20H2/t10-,11-,12+,13+,14-,15-,16+,17?,18?,19+/m1/s1. The van der Waals surface area contributed by atoms with Crippen LogP contribution in [0.5, 0.6) is 0 Å². The third-order valence-electron chi connectivity index (χ3n) is 5.67. The van der Waals surface area contributed by atoms with Gasteiger partial charge in [-0.05, 0) is 5.56 Å². The van der Waals surface area contributed by atoms with E-state index in [2.05, 4.69) is 0 Å². The summed E-state index contributed by atoms with van der Waals surface area (Å²) >= 11 is 0. The van der Waals surface area contributed by atoms with Crippen molar-refractivity contribution >= 4 is 0 Å². The number of aliphatic hydroxyl groups is 8. The maximum atomic E-state index is 10.9. The van der Waals surface area contributed by atoms with Gasteiger partial charge in [-0.15, -0.1) is 0 Å². The highest BCUT2D eigenvalue weighted by Gasteiger charge is 2.64. The molecule has 3 rings (SSSR count). The third-order valence-corrected chi connectivity index (χ3v) is 5.67. The molecule has 0 spiro atoms. The van der Waals surface area contributed by atoms with E-state index in [-0.39, 0.29) is 6.42 Å². The summed E-state index contributed by atoms with van der Waals surface area (Å²) < 4.78 is 16.0. The highest BCUT2D eigenvalue weighted by Crippen LogP contribution is 2.39. The molecule has 0 radical (unpaired) electrons. The predicted octanol–water partition coefficient (Wildman–Crippen LogP) is -4.50. The molecule has 2 fully saturated rings. The molecule has 0 amide bonds. The lowest BCUT2D eigenvalue weighted by Gasteiger charge is -2.42. The molecule has 0 saturated carbocycles. The van der Waals surface area contributed by atoms with Crippen LogP contribution in [-0.2, 0) is 20.6 Å². The lowest BCUT2D eigenvalue weighted by atomic mass is 9.90. The summed E-state index contributed by atoms with van der Waals surface area (Å²) in [4.78, 5) is 0. The van der Waals surface area contributed by atoms with E-state index in [1.165, 1.54) is 0 Å². The maximum Gasteiger partial charge on any atom is 0.239 e. The summed E-state index contributed by atoms with van der Waals surface area (Å²) in [6.45, 7) is -1.48. The lowest BCUT2D eigenvalue weighted by molar-refractivity contribution is -0.325. The largest absolute Gasteiger partial charge is 0.394 e.